The maximum atomic E-state index is 11.2. The van der Waals surface area contributed by atoms with Gasteiger partial charge in [-0.3, -0.25) is 9.79 Å². The Kier molecular flexibility index (Phi) is 1.56. The number of hydrogen-bond acceptors (Lipinski definition) is 3. The summed E-state index contributed by atoms with van der Waals surface area (Å²) in [5.74, 6) is 0. The Hall–Kier alpha value is -0.310. The molecule has 0 atom stereocenters. The molecule has 0 aromatic carbocycles. The van der Waals surface area contributed by atoms with E-state index in [9.17, 15) is 4.79 Å². The lowest BCUT2D eigenvalue weighted by Crippen LogP contribution is -2.12. The van der Waals surface area contributed by atoms with Crippen molar-refractivity contribution >= 4 is 22.6 Å². The van der Waals surface area contributed by atoms with E-state index >= 15 is 0 Å². The number of hydrogen-bond donors (Lipinski definition) is 0. The van der Waals surface area contributed by atoms with Gasteiger partial charge in [0.2, 0.25) is 5.12 Å². The van der Waals surface area contributed by atoms with Gasteiger partial charge >= 0.3 is 0 Å². The fourth-order valence-corrected chi connectivity index (χ4v) is 2.98. The van der Waals surface area contributed by atoms with Gasteiger partial charge in [-0.15, -0.1) is 0 Å². The molecule has 0 aromatic rings. The third kappa shape index (κ3) is 1.11. The Bertz CT molecular complexity index is 228. The van der Waals surface area contributed by atoms with Gasteiger partial charge in [-0.25, -0.2) is 0 Å². The van der Waals surface area contributed by atoms with Gasteiger partial charge in [-0.2, -0.15) is 0 Å². The monoisotopic (exact) mass is 169 g/mol. The van der Waals surface area contributed by atoms with Gasteiger partial charge in [0.15, 0.2) is 0 Å². The first kappa shape index (κ1) is 7.35. The zero-order chi connectivity index (χ0) is 7.90. The molecule has 0 aromatic heterocycles. The number of carbonyl (C=O) groups is 1. The van der Waals surface area contributed by atoms with E-state index in [0.717, 1.165) is 18.6 Å². The van der Waals surface area contributed by atoms with Crippen LogP contribution in [0.1, 0.15) is 32.6 Å². The minimum atomic E-state index is -0.0127. The van der Waals surface area contributed by atoms with E-state index in [-0.39, 0.29) is 9.99 Å². The molecular formula is C8H11NOS. The van der Waals surface area contributed by atoms with Gasteiger partial charge in [0, 0.05) is 0 Å². The molecule has 2 aliphatic rings. The van der Waals surface area contributed by atoms with Gasteiger partial charge in [0.05, 0.1) is 5.71 Å². The fourth-order valence-electron chi connectivity index (χ4n) is 1.76. The Morgan fingerprint density at radius 1 is 1.45 bits per heavy atom. The number of rotatable bonds is 0. The summed E-state index contributed by atoms with van der Waals surface area (Å²) in [4.78, 5) is 15.6. The molecule has 1 spiro atoms. The molecule has 2 rings (SSSR count). The third-order valence-electron chi connectivity index (χ3n) is 2.33. The predicted molar refractivity (Wildman–Crippen MR) is 46.9 cm³/mol. The van der Waals surface area contributed by atoms with E-state index in [1.54, 1.807) is 0 Å². The van der Waals surface area contributed by atoms with Crippen molar-refractivity contribution in [3.05, 3.63) is 0 Å². The molecule has 1 fully saturated rings. The van der Waals surface area contributed by atoms with Crippen LogP contribution in [0.25, 0.3) is 0 Å². The highest BCUT2D eigenvalue weighted by Gasteiger charge is 2.41. The summed E-state index contributed by atoms with van der Waals surface area (Å²) in [6.07, 6.45) is 4.66. The van der Waals surface area contributed by atoms with E-state index in [4.69, 9.17) is 0 Å². The van der Waals surface area contributed by atoms with Crippen LogP contribution in [0.3, 0.4) is 0 Å². The van der Waals surface area contributed by atoms with Crippen LogP contribution in [0.15, 0.2) is 4.99 Å². The summed E-state index contributed by atoms with van der Waals surface area (Å²) in [7, 11) is 0. The summed E-state index contributed by atoms with van der Waals surface area (Å²) in [5.41, 5.74) is 0.719. The van der Waals surface area contributed by atoms with Crippen molar-refractivity contribution in [2.24, 2.45) is 4.99 Å². The van der Waals surface area contributed by atoms with Gasteiger partial charge in [-0.05, 0) is 19.8 Å². The Morgan fingerprint density at radius 2 is 2.09 bits per heavy atom. The summed E-state index contributed by atoms with van der Waals surface area (Å²) < 4.78 is 0. The SMILES string of the molecule is CC1=NC2(CCCC2)SC1=O. The molecule has 1 aliphatic heterocycles. The van der Waals surface area contributed by atoms with Crippen molar-refractivity contribution < 1.29 is 4.79 Å². The molecule has 0 radical (unpaired) electrons. The lowest BCUT2D eigenvalue weighted by molar-refractivity contribution is -0.105. The largest absolute Gasteiger partial charge is 0.280 e. The average Bonchev–Trinajstić information content (AvgIpc) is 2.46. The first-order chi connectivity index (χ1) is 5.22. The maximum Gasteiger partial charge on any atom is 0.235 e. The zero-order valence-electron chi connectivity index (χ0n) is 6.59. The predicted octanol–water partition coefficient (Wildman–Crippen LogP) is 1.99. The van der Waals surface area contributed by atoms with Crippen LogP contribution in [0, 0.1) is 0 Å². The zero-order valence-corrected chi connectivity index (χ0v) is 7.41. The normalized spacial score (nSPS) is 28.1. The van der Waals surface area contributed by atoms with Crippen molar-refractivity contribution in [1.29, 1.82) is 0 Å². The average molecular weight is 169 g/mol. The van der Waals surface area contributed by atoms with E-state index in [1.165, 1.54) is 24.6 Å². The topological polar surface area (TPSA) is 29.4 Å². The second-order valence-corrected chi connectivity index (χ2v) is 4.57. The summed E-state index contributed by atoms with van der Waals surface area (Å²) in [6.45, 7) is 1.82. The molecule has 1 aliphatic carbocycles. The molecule has 0 N–H and O–H groups in total. The fraction of sp³-hybridized carbons (Fsp3) is 0.750. The van der Waals surface area contributed by atoms with Crippen LogP contribution < -0.4 is 0 Å². The first-order valence-corrected chi connectivity index (χ1v) is 4.83. The number of nitrogens with zero attached hydrogens (tertiary/aromatic N) is 1. The van der Waals surface area contributed by atoms with Crippen LogP contribution in [-0.4, -0.2) is 15.7 Å². The van der Waals surface area contributed by atoms with E-state index in [0.29, 0.717) is 0 Å². The lowest BCUT2D eigenvalue weighted by atomic mass is 10.2. The summed E-state index contributed by atoms with van der Waals surface area (Å²) in [5, 5.41) is 0.187. The Labute approximate surface area is 70.5 Å². The molecule has 0 amide bonds. The van der Waals surface area contributed by atoms with Gasteiger partial charge < -0.3 is 0 Å². The van der Waals surface area contributed by atoms with Crippen molar-refractivity contribution in [2.45, 2.75) is 37.5 Å². The maximum absolute atomic E-state index is 11.2. The number of thioether (sulfide) groups is 1. The van der Waals surface area contributed by atoms with Gasteiger partial charge in [0.25, 0.3) is 0 Å². The minimum Gasteiger partial charge on any atom is -0.280 e. The minimum absolute atomic E-state index is 0.0127. The standard InChI is InChI=1S/C8H11NOS/c1-6-7(10)11-8(9-6)4-2-3-5-8/h2-5H2,1H3. The molecule has 3 heteroatoms. The molecule has 11 heavy (non-hydrogen) atoms. The van der Waals surface area contributed by atoms with Crippen molar-refractivity contribution in [1.82, 2.24) is 0 Å². The smallest absolute Gasteiger partial charge is 0.235 e. The highest BCUT2D eigenvalue weighted by molar-refractivity contribution is 8.17. The van der Waals surface area contributed by atoms with Gasteiger partial charge in [0.1, 0.15) is 4.87 Å². The summed E-state index contributed by atoms with van der Waals surface area (Å²) in [6, 6.07) is 0. The number of carbonyl (C=O) groups excluding carboxylic acids is 1. The van der Waals surface area contributed by atoms with Crippen LogP contribution in [-0.2, 0) is 4.79 Å². The van der Waals surface area contributed by atoms with Crippen LogP contribution >= 0.6 is 11.8 Å². The van der Waals surface area contributed by atoms with E-state index in [2.05, 4.69) is 4.99 Å². The molecule has 1 heterocycles. The van der Waals surface area contributed by atoms with E-state index < -0.39 is 0 Å². The third-order valence-corrected chi connectivity index (χ3v) is 3.69. The van der Waals surface area contributed by atoms with Crippen molar-refractivity contribution in [3.8, 4) is 0 Å². The quantitative estimate of drug-likeness (QED) is 0.555. The second-order valence-electron chi connectivity index (χ2n) is 3.24. The van der Waals surface area contributed by atoms with Crippen LogP contribution in [0.2, 0.25) is 0 Å². The molecule has 0 bridgehead atoms. The lowest BCUT2D eigenvalue weighted by Gasteiger charge is -2.15. The molecular weight excluding hydrogens is 158 g/mol. The second kappa shape index (κ2) is 2.34. The first-order valence-electron chi connectivity index (χ1n) is 4.02. The van der Waals surface area contributed by atoms with E-state index in [1.807, 2.05) is 6.92 Å². The Morgan fingerprint density at radius 3 is 2.55 bits per heavy atom. The molecule has 2 nitrogen and oxygen atoms in total. The van der Waals surface area contributed by atoms with Crippen LogP contribution in [0.4, 0.5) is 0 Å². The molecule has 60 valence electrons. The summed E-state index contributed by atoms with van der Waals surface area (Å²) >= 11 is 1.44. The van der Waals surface area contributed by atoms with Gasteiger partial charge in [-0.1, -0.05) is 24.6 Å². The highest BCUT2D eigenvalue weighted by Crippen LogP contribution is 2.46. The number of aliphatic imine (C=N–C) groups is 1. The molecule has 0 saturated heterocycles. The highest BCUT2D eigenvalue weighted by atomic mass is 32.2. The molecule has 1 saturated carbocycles. The Balaban J connectivity index is 2.25. The van der Waals surface area contributed by atoms with Crippen LogP contribution in [0.5, 0.6) is 0 Å². The van der Waals surface area contributed by atoms with Crippen molar-refractivity contribution in [2.75, 3.05) is 0 Å². The van der Waals surface area contributed by atoms with Crippen molar-refractivity contribution in [3.63, 3.8) is 0 Å². The molecule has 0 unspecified atom stereocenters.